The second-order valence-electron chi connectivity index (χ2n) is 8.78. The van der Waals surface area contributed by atoms with Gasteiger partial charge in [-0.3, -0.25) is 0 Å². The summed E-state index contributed by atoms with van der Waals surface area (Å²) in [6, 6.07) is 43.1. The third-order valence-corrected chi connectivity index (χ3v) is 6.67. The van der Waals surface area contributed by atoms with Crippen molar-refractivity contribution in [2.24, 2.45) is 5.73 Å². The first kappa shape index (κ1) is 20.3. The van der Waals surface area contributed by atoms with Gasteiger partial charge in [-0.15, -0.1) is 0 Å². The number of benzene rings is 6. The van der Waals surface area contributed by atoms with Crippen LogP contribution in [0, 0.1) is 0 Å². The van der Waals surface area contributed by atoms with E-state index in [1.165, 1.54) is 49.0 Å². The van der Waals surface area contributed by atoms with E-state index in [0.29, 0.717) is 0 Å². The van der Waals surface area contributed by atoms with E-state index in [1.807, 2.05) is 6.07 Å². The Labute approximate surface area is 199 Å². The molecule has 0 aliphatic heterocycles. The van der Waals surface area contributed by atoms with E-state index < -0.39 is 0 Å². The molecule has 0 heterocycles. The summed E-state index contributed by atoms with van der Waals surface area (Å²) in [6.45, 7) is 0. The highest BCUT2D eigenvalue weighted by Crippen LogP contribution is 2.35. The second-order valence-corrected chi connectivity index (χ2v) is 8.78. The Hall–Kier alpha value is -4.36. The molecule has 0 saturated heterocycles. The van der Waals surface area contributed by atoms with Crippen LogP contribution in [0.2, 0.25) is 0 Å². The molecule has 0 aliphatic carbocycles. The molecule has 0 aliphatic rings. The largest absolute Gasteiger partial charge is 0.398 e. The van der Waals surface area contributed by atoms with Crippen LogP contribution in [0.5, 0.6) is 0 Å². The number of hydrogen-bond donors (Lipinski definition) is 1. The maximum absolute atomic E-state index is 6.53. The SMILES string of the molecule is N/C(=C\Cc1ccc2c3ccccc3c3ccccc3c2c1)c1cccc(-c2ccccc2)c1. The molecule has 1 nitrogen and oxygen atoms in total. The molecular formula is C33H25N. The molecule has 6 aromatic rings. The molecule has 0 spiro atoms. The minimum Gasteiger partial charge on any atom is -0.398 e. The van der Waals surface area contributed by atoms with Gasteiger partial charge in [-0.25, -0.2) is 0 Å². The van der Waals surface area contributed by atoms with Gasteiger partial charge < -0.3 is 5.73 Å². The molecule has 0 amide bonds. The normalized spacial score (nSPS) is 11.9. The summed E-state index contributed by atoms with van der Waals surface area (Å²) in [5.74, 6) is 0. The first-order chi connectivity index (χ1) is 16.8. The van der Waals surface area contributed by atoms with Crippen molar-refractivity contribution in [3.8, 4) is 11.1 Å². The van der Waals surface area contributed by atoms with Crippen molar-refractivity contribution in [2.45, 2.75) is 6.42 Å². The van der Waals surface area contributed by atoms with Gasteiger partial charge in [0.1, 0.15) is 0 Å². The number of rotatable bonds is 4. The van der Waals surface area contributed by atoms with E-state index >= 15 is 0 Å². The second kappa shape index (κ2) is 8.53. The quantitative estimate of drug-likeness (QED) is 0.277. The third-order valence-electron chi connectivity index (χ3n) is 6.67. The maximum atomic E-state index is 6.53. The van der Waals surface area contributed by atoms with E-state index in [9.17, 15) is 0 Å². The molecule has 162 valence electrons. The zero-order valence-corrected chi connectivity index (χ0v) is 18.9. The van der Waals surface area contributed by atoms with Crippen molar-refractivity contribution in [1.29, 1.82) is 0 Å². The van der Waals surface area contributed by atoms with Gasteiger partial charge in [-0.1, -0.05) is 121 Å². The molecular weight excluding hydrogens is 410 g/mol. The number of fused-ring (bicyclic) bond motifs is 6. The minimum atomic E-state index is 0.790. The van der Waals surface area contributed by atoms with Gasteiger partial charge in [0.2, 0.25) is 0 Å². The Balaban J connectivity index is 1.38. The molecule has 0 fully saturated rings. The fourth-order valence-corrected chi connectivity index (χ4v) is 4.94. The van der Waals surface area contributed by atoms with Gasteiger partial charge in [-0.2, -0.15) is 0 Å². The Morgan fingerprint density at radius 3 is 1.74 bits per heavy atom. The summed E-state index contributed by atoms with van der Waals surface area (Å²) in [4.78, 5) is 0. The first-order valence-corrected chi connectivity index (χ1v) is 11.7. The smallest absolute Gasteiger partial charge is 0.0350 e. The molecule has 2 N–H and O–H groups in total. The van der Waals surface area contributed by atoms with Crippen LogP contribution >= 0.6 is 0 Å². The van der Waals surface area contributed by atoms with Gasteiger partial charge in [0.05, 0.1) is 0 Å². The van der Waals surface area contributed by atoms with Crippen molar-refractivity contribution in [3.63, 3.8) is 0 Å². The highest BCUT2D eigenvalue weighted by atomic mass is 14.6. The minimum absolute atomic E-state index is 0.790. The van der Waals surface area contributed by atoms with Crippen LogP contribution in [-0.2, 0) is 6.42 Å². The van der Waals surface area contributed by atoms with Gasteiger partial charge in [0.25, 0.3) is 0 Å². The zero-order chi connectivity index (χ0) is 22.9. The Morgan fingerprint density at radius 1 is 0.500 bits per heavy atom. The van der Waals surface area contributed by atoms with Crippen molar-refractivity contribution >= 4 is 38.0 Å². The number of nitrogens with two attached hydrogens (primary N) is 1. The summed E-state index contributed by atoms with van der Waals surface area (Å²) in [5.41, 5.74) is 12.0. The molecule has 1 heteroatoms. The average Bonchev–Trinajstić information content (AvgIpc) is 2.92. The van der Waals surface area contributed by atoms with E-state index in [-0.39, 0.29) is 0 Å². The lowest BCUT2D eigenvalue weighted by atomic mass is 9.93. The Morgan fingerprint density at radius 2 is 1.06 bits per heavy atom. The molecule has 34 heavy (non-hydrogen) atoms. The van der Waals surface area contributed by atoms with Gasteiger partial charge in [-0.05, 0) is 67.1 Å². The van der Waals surface area contributed by atoms with Gasteiger partial charge in [0.15, 0.2) is 0 Å². The van der Waals surface area contributed by atoms with Gasteiger partial charge >= 0.3 is 0 Å². The Kier molecular flexibility index (Phi) is 5.08. The van der Waals surface area contributed by atoms with Crippen molar-refractivity contribution in [2.75, 3.05) is 0 Å². The van der Waals surface area contributed by atoms with Crippen LogP contribution in [0.3, 0.4) is 0 Å². The summed E-state index contributed by atoms with van der Waals surface area (Å²) < 4.78 is 0. The van der Waals surface area contributed by atoms with Crippen LogP contribution in [-0.4, -0.2) is 0 Å². The molecule has 0 aromatic heterocycles. The predicted octanol–water partition coefficient (Wildman–Crippen LogP) is 8.36. The lowest BCUT2D eigenvalue weighted by Crippen LogP contribution is -1.98. The van der Waals surface area contributed by atoms with Crippen LogP contribution in [0.25, 0.3) is 49.1 Å². The van der Waals surface area contributed by atoms with E-state index in [4.69, 9.17) is 5.73 Å². The van der Waals surface area contributed by atoms with Crippen LogP contribution in [0.15, 0.2) is 127 Å². The molecule has 0 atom stereocenters. The standard InChI is InChI=1S/C33H25N/c34-33(26-12-8-11-25(22-26)24-9-2-1-3-10-24)20-18-23-17-19-31-29-15-5-4-13-27(29)28-14-6-7-16-30(28)32(31)21-23/h1-17,19-22H,18,34H2/b33-20-. The van der Waals surface area contributed by atoms with Crippen molar-refractivity contribution < 1.29 is 0 Å². The summed E-state index contributed by atoms with van der Waals surface area (Å²) >= 11 is 0. The predicted molar refractivity (Wildman–Crippen MR) is 147 cm³/mol. The number of hydrogen-bond acceptors (Lipinski definition) is 1. The topological polar surface area (TPSA) is 26.0 Å². The molecule has 0 radical (unpaired) electrons. The number of allylic oxidation sites excluding steroid dienone is 1. The zero-order valence-electron chi connectivity index (χ0n) is 18.9. The summed E-state index contributed by atoms with van der Waals surface area (Å²) in [6.07, 6.45) is 2.92. The summed E-state index contributed by atoms with van der Waals surface area (Å²) in [5, 5.41) is 7.80. The third kappa shape index (κ3) is 3.62. The Bertz CT molecular complexity index is 1640. The first-order valence-electron chi connectivity index (χ1n) is 11.7. The summed E-state index contributed by atoms with van der Waals surface area (Å²) in [7, 11) is 0. The lowest BCUT2D eigenvalue weighted by Gasteiger charge is -2.11. The van der Waals surface area contributed by atoms with E-state index in [0.717, 1.165) is 17.7 Å². The molecule has 0 saturated carbocycles. The molecule has 0 unspecified atom stereocenters. The van der Waals surface area contributed by atoms with Crippen molar-refractivity contribution in [1.82, 2.24) is 0 Å². The maximum Gasteiger partial charge on any atom is 0.0350 e. The molecule has 0 bridgehead atoms. The van der Waals surface area contributed by atoms with Crippen LogP contribution in [0.1, 0.15) is 11.1 Å². The highest BCUT2D eigenvalue weighted by Gasteiger charge is 2.08. The van der Waals surface area contributed by atoms with Gasteiger partial charge in [0, 0.05) is 5.70 Å². The lowest BCUT2D eigenvalue weighted by molar-refractivity contribution is 1.27. The van der Waals surface area contributed by atoms with E-state index in [1.54, 1.807) is 0 Å². The highest BCUT2D eigenvalue weighted by molar-refractivity contribution is 6.25. The van der Waals surface area contributed by atoms with Crippen LogP contribution < -0.4 is 5.73 Å². The van der Waals surface area contributed by atoms with Crippen molar-refractivity contribution in [3.05, 3.63) is 139 Å². The fourth-order valence-electron chi connectivity index (χ4n) is 4.94. The monoisotopic (exact) mass is 435 g/mol. The van der Waals surface area contributed by atoms with E-state index in [2.05, 4.69) is 121 Å². The molecule has 6 aromatic carbocycles. The van der Waals surface area contributed by atoms with Crippen LogP contribution in [0.4, 0.5) is 0 Å². The average molecular weight is 436 g/mol. The fraction of sp³-hybridized carbons (Fsp3) is 0.0303. The molecule has 6 rings (SSSR count).